The molecule has 0 aromatic heterocycles. The van der Waals surface area contributed by atoms with Crippen LogP contribution in [-0.4, -0.2) is 24.5 Å². The van der Waals surface area contributed by atoms with Gasteiger partial charge >= 0.3 is 5.97 Å². The number of amides is 1. The second kappa shape index (κ2) is 16.6. The molecule has 0 saturated heterocycles. The lowest BCUT2D eigenvalue weighted by molar-refractivity contribution is -0.147. The summed E-state index contributed by atoms with van der Waals surface area (Å²) in [6.07, 6.45) is 14.7. The van der Waals surface area contributed by atoms with Crippen LogP contribution in [-0.2, 0) is 9.53 Å². The first-order valence-corrected chi connectivity index (χ1v) is 12.3. The van der Waals surface area contributed by atoms with Crippen LogP contribution < -0.4 is 5.32 Å². The highest BCUT2D eigenvalue weighted by molar-refractivity contribution is 5.97. The zero-order chi connectivity index (χ0) is 23.8. The number of carbonyl (C=O) groups excluding carboxylic acids is 2. The summed E-state index contributed by atoms with van der Waals surface area (Å²) in [6.45, 7) is 6.05. The van der Waals surface area contributed by atoms with Crippen LogP contribution in [0.4, 0.5) is 8.78 Å². The number of carbonyl (C=O) groups is 2. The van der Waals surface area contributed by atoms with Gasteiger partial charge in [-0.1, -0.05) is 91.4 Å². The van der Waals surface area contributed by atoms with Crippen LogP contribution in [0, 0.1) is 17.6 Å². The summed E-state index contributed by atoms with van der Waals surface area (Å²) in [4.78, 5) is 24.7. The largest absolute Gasteiger partial charge is 0.464 e. The van der Waals surface area contributed by atoms with Crippen LogP contribution in [0.15, 0.2) is 18.2 Å². The average Bonchev–Trinajstić information content (AvgIpc) is 2.76. The van der Waals surface area contributed by atoms with Crippen molar-refractivity contribution in [1.82, 2.24) is 5.32 Å². The molecule has 0 heterocycles. The van der Waals surface area contributed by atoms with Crippen molar-refractivity contribution in [2.45, 2.75) is 104 Å². The maximum atomic E-state index is 13.8. The lowest BCUT2D eigenvalue weighted by Crippen LogP contribution is -2.45. The molecule has 4 nitrogen and oxygen atoms in total. The molecule has 0 bridgehead atoms. The molecule has 1 aromatic rings. The van der Waals surface area contributed by atoms with Gasteiger partial charge in [0.25, 0.3) is 5.91 Å². The minimum absolute atomic E-state index is 0.245. The van der Waals surface area contributed by atoms with Crippen LogP contribution in [0.25, 0.3) is 0 Å². The van der Waals surface area contributed by atoms with Crippen LogP contribution in [0.3, 0.4) is 0 Å². The Morgan fingerprint density at radius 2 is 1.41 bits per heavy atom. The molecule has 1 unspecified atom stereocenters. The van der Waals surface area contributed by atoms with Gasteiger partial charge in [0.2, 0.25) is 0 Å². The first kappa shape index (κ1) is 28.1. The third-order valence-electron chi connectivity index (χ3n) is 5.62. The number of rotatable bonds is 17. The van der Waals surface area contributed by atoms with Gasteiger partial charge in [0.1, 0.15) is 17.7 Å². The zero-order valence-corrected chi connectivity index (χ0v) is 20.1. The quantitative estimate of drug-likeness (QED) is 0.205. The van der Waals surface area contributed by atoms with Crippen molar-refractivity contribution in [3.63, 3.8) is 0 Å². The van der Waals surface area contributed by atoms with E-state index in [4.69, 9.17) is 4.74 Å². The number of nitrogens with one attached hydrogen (secondary N) is 1. The van der Waals surface area contributed by atoms with E-state index in [0.717, 1.165) is 37.5 Å². The molecule has 0 aliphatic heterocycles. The number of ether oxygens (including phenoxy) is 1. The SMILES string of the molecule is CCCCCCCCCCCCCCOC(=O)C(NC(=O)c1cc(F)ccc1F)C(C)C. The number of hydrogen-bond donors (Lipinski definition) is 1. The van der Waals surface area contributed by atoms with Crippen molar-refractivity contribution in [1.29, 1.82) is 0 Å². The predicted octanol–water partition coefficient (Wildman–Crippen LogP) is 6.96. The minimum Gasteiger partial charge on any atom is -0.464 e. The highest BCUT2D eigenvalue weighted by Gasteiger charge is 2.27. The maximum absolute atomic E-state index is 13.8. The summed E-state index contributed by atoms with van der Waals surface area (Å²) in [5.74, 6) is -3.18. The summed E-state index contributed by atoms with van der Waals surface area (Å²) in [5, 5.41) is 2.48. The topological polar surface area (TPSA) is 55.4 Å². The number of hydrogen-bond acceptors (Lipinski definition) is 3. The molecule has 0 aliphatic carbocycles. The summed E-state index contributed by atoms with van der Waals surface area (Å²) < 4.78 is 32.5. The molecule has 1 amide bonds. The van der Waals surface area contributed by atoms with Gasteiger partial charge in [-0.25, -0.2) is 13.6 Å². The Labute approximate surface area is 192 Å². The lowest BCUT2D eigenvalue weighted by atomic mass is 10.0. The molecule has 0 spiro atoms. The Hall–Kier alpha value is -1.98. The van der Waals surface area contributed by atoms with Crippen LogP contribution in [0.1, 0.15) is 108 Å². The molecule has 0 fully saturated rings. The molecule has 1 aromatic carbocycles. The van der Waals surface area contributed by atoms with Crippen molar-refractivity contribution in [2.75, 3.05) is 6.61 Å². The monoisotopic (exact) mass is 453 g/mol. The van der Waals surface area contributed by atoms with Gasteiger partial charge in [-0.05, 0) is 30.5 Å². The van der Waals surface area contributed by atoms with E-state index in [1.54, 1.807) is 13.8 Å². The van der Waals surface area contributed by atoms with Crippen molar-refractivity contribution in [3.8, 4) is 0 Å². The number of halogens is 2. The van der Waals surface area contributed by atoms with E-state index in [2.05, 4.69) is 12.2 Å². The van der Waals surface area contributed by atoms with Crippen LogP contribution in [0.5, 0.6) is 0 Å². The van der Waals surface area contributed by atoms with Crippen molar-refractivity contribution < 1.29 is 23.1 Å². The Kier molecular flexibility index (Phi) is 14.6. The number of benzene rings is 1. The van der Waals surface area contributed by atoms with Gasteiger partial charge in [0.15, 0.2) is 0 Å². The zero-order valence-electron chi connectivity index (χ0n) is 20.1. The number of unbranched alkanes of at least 4 members (excludes halogenated alkanes) is 11. The smallest absolute Gasteiger partial charge is 0.328 e. The lowest BCUT2D eigenvalue weighted by Gasteiger charge is -2.21. The van der Waals surface area contributed by atoms with Gasteiger partial charge in [0.05, 0.1) is 12.2 Å². The van der Waals surface area contributed by atoms with Crippen molar-refractivity contribution in [3.05, 3.63) is 35.4 Å². The van der Waals surface area contributed by atoms with Crippen molar-refractivity contribution in [2.24, 2.45) is 5.92 Å². The molecule has 1 rings (SSSR count). The van der Waals surface area contributed by atoms with E-state index in [9.17, 15) is 18.4 Å². The van der Waals surface area contributed by atoms with Gasteiger partial charge in [0, 0.05) is 0 Å². The van der Waals surface area contributed by atoms with E-state index in [1.165, 1.54) is 57.8 Å². The van der Waals surface area contributed by atoms with E-state index in [-0.39, 0.29) is 5.92 Å². The molecular weight excluding hydrogens is 412 g/mol. The second-order valence-electron chi connectivity index (χ2n) is 8.88. The fourth-order valence-corrected chi connectivity index (χ4v) is 3.59. The Bertz CT molecular complexity index is 679. The fourth-order valence-electron chi connectivity index (χ4n) is 3.59. The van der Waals surface area contributed by atoms with E-state index >= 15 is 0 Å². The molecule has 0 radical (unpaired) electrons. The summed E-state index contributed by atoms with van der Waals surface area (Å²) >= 11 is 0. The fraction of sp³-hybridized carbons (Fsp3) is 0.692. The highest BCUT2D eigenvalue weighted by atomic mass is 19.1. The first-order chi connectivity index (χ1) is 15.4. The standard InChI is InChI=1S/C26H41F2NO3/c1-4-5-6-7-8-9-10-11-12-13-14-15-18-32-26(31)24(20(2)3)29-25(30)22-19-21(27)16-17-23(22)28/h16-17,19-20,24H,4-15,18H2,1-3H3,(H,29,30). The third-order valence-corrected chi connectivity index (χ3v) is 5.62. The average molecular weight is 454 g/mol. The van der Waals surface area contributed by atoms with Gasteiger partial charge in [-0.2, -0.15) is 0 Å². The molecular formula is C26H41F2NO3. The Morgan fingerprint density at radius 1 is 0.875 bits per heavy atom. The van der Waals surface area contributed by atoms with Gasteiger partial charge in [-0.3, -0.25) is 4.79 Å². The van der Waals surface area contributed by atoms with Crippen LogP contribution >= 0.6 is 0 Å². The molecule has 1 N–H and O–H groups in total. The maximum Gasteiger partial charge on any atom is 0.328 e. The highest BCUT2D eigenvalue weighted by Crippen LogP contribution is 2.14. The normalized spacial score (nSPS) is 12.1. The molecule has 182 valence electrons. The molecule has 0 saturated carbocycles. The van der Waals surface area contributed by atoms with Gasteiger partial charge < -0.3 is 10.1 Å². The molecule has 0 aliphatic rings. The minimum atomic E-state index is -0.914. The Morgan fingerprint density at radius 3 is 1.94 bits per heavy atom. The predicted molar refractivity (Wildman–Crippen MR) is 124 cm³/mol. The molecule has 1 atom stereocenters. The summed E-state index contributed by atoms with van der Waals surface area (Å²) in [7, 11) is 0. The van der Waals surface area contributed by atoms with Crippen molar-refractivity contribution >= 4 is 11.9 Å². The second-order valence-corrected chi connectivity index (χ2v) is 8.88. The van der Waals surface area contributed by atoms with Crippen LogP contribution in [0.2, 0.25) is 0 Å². The number of esters is 1. The van der Waals surface area contributed by atoms with E-state index < -0.39 is 35.1 Å². The molecule has 6 heteroatoms. The summed E-state index contributed by atoms with van der Waals surface area (Å²) in [5.41, 5.74) is -0.426. The Balaban J connectivity index is 2.21. The summed E-state index contributed by atoms with van der Waals surface area (Å²) in [6, 6.07) is 1.73. The first-order valence-electron chi connectivity index (χ1n) is 12.3. The van der Waals surface area contributed by atoms with E-state index in [0.29, 0.717) is 6.61 Å². The van der Waals surface area contributed by atoms with E-state index in [1.807, 2.05) is 0 Å². The molecule has 32 heavy (non-hydrogen) atoms. The third kappa shape index (κ3) is 11.6. The van der Waals surface area contributed by atoms with Gasteiger partial charge in [-0.15, -0.1) is 0 Å².